The SMILES string of the molecule is O=C(O)CC1CC1.S. The molecule has 1 rings (SSSR count). The van der Waals surface area contributed by atoms with Crippen LogP contribution in [0, 0.1) is 5.92 Å². The molecule has 0 aromatic rings. The molecule has 0 spiro atoms. The minimum absolute atomic E-state index is 0. The van der Waals surface area contributed by atoms with Crippen LogP contribution in [0.1, 0.15) is 19.3 Å². The maximum atomic E-state index is 9.85. The Bertz CT molecular complexity index is 88.4. The number of carbonyl (C=O) groups is 1. The lowest BCUT2D eigenvalue weighted by molar-refractivity contribution is -0.137. The summed E-state index contributed by atoms with van der Waals surface area (Å²) in [7, 11) is 0. The van der Waals surface area contributed by atoms with E-state index in [0.717, 1.165) is 12.8 Å². The standard InChI is InChI=1S/C5H8O2.H2S/c6-5(7)3-4-1-2-4;/h4H,1-3H2,(H,6,7);1H2. The highest BCUT2D eigenvalue weighted by atomic mass is 32.1. The van der Waals surface area contributed by atoms with Crippen molar-refractivity contribution in [3.63, 3.8) is 0 Å². The van der Waals surface area contributed by atoms with Crippen molar-refractivity contribution in [3.8, 4) is 0 Å². The summed E-state index contributed by atoms with van der Waals surface area (Å²) in [5.74, 6) is -0.125. The monoisotopic (exact) mass is 134 g/mol. The summed E-state index contributed by atoms with van der Waals surface area (Å²) >= 11 is 0. The van der Waals surface area contributed by atoms with Crippen LogP contribution < -0.4 is 0 Å². The van der Waals surface area contributed by atoms with Crippen molar-refractivity contribution >= 4 is 19.5 Å². The van der Waals surface area contributed by atoms with Gasteiger partial charge in [-0.2, -0.15) is 13.5 Å². The van der Waals surface area contributed by atoms with E-state index >= 15 is 0 Å². The van der Waals surface area contributed by atoms with Gasteiger partial charge >= 0.3 is 5.97 Å². The van der Waals surface area contributed by atoms with Gasteiger partial charge in [0, 0.05) is 6.42 Å². The number of carboxylic acids is 1. The Morgan fingerprint density at radius 1 is 1.62 bits per heavy atom. The average Bonchev–Trinajstić information content (AvgIpc) is 2.17. The van der Waals surface area contributed by atoms with Crippen LogP contribution in [0.3, 0.4) is 0 Å². The minimum Gasteiger partial charge on any atom is -0.481 e. The van der Waals surface area contributed by atoms with Gasteiger partial charge in [-0.3, -0.25) is 4.79 Å². The fraction of sp³-hybridized carbons (Fsp3) is 0.800. The molecule has 2 nitrogen and oxygen atoms in total. The van der Waals surface area contributed by atoms with Crippen LogP contribution in [-0.2, 0) is 4.79 Å². The number of carboxylic acid groups (broad SMARTS) is 1. The molecule has 1 saturated carbocycles. The summed E-state index contributed by atoms with van der Waals surface area (Å²) in [5, 5.41) is 8.12. The van der Waals surface area contributed by atoms with Crippen LogP contribution >= 0.6 is 13.5 Å². The Morgan fingerprint density at radius 3 is 2.25 bits per heavy atom. The zero-order valence-corrected chi connectivity index (χ0v) is 5.55. The van der Waals surface area contributed by atoms with Crippen LogP contribution in [0.25, 0.3) is 0 Å². The smallest absolute Gasteiger partial charge is 0.303 e. The summed E-state index contributed by atoms with van der Waals surface area (Å²) < 4.78 is 0. The van der Waals surface area contributed by atoms with E-state index in [1.165, 1.54) is 0 Å². The lowest BCUT2D eigenvalue weighted by Gasteiger charge is -1.82. The molecule has 1 aliphatic rings. The van der Waals surface area contributed by atoms with E-state index in [-0.39, 0.29) is 13.5 Å². The van der Waals surface area contributed by atoms with E-state index in [1.54, 1.807) is 0 Å². The first-order valence-corrected chi connectivity index (χ1v) is 2.51. The summed E-state index contributed by atoms with van der Waals surface area (Å²) in [6, 6.07) is 0. The molecule has 0 bridgehead atoms. The molecule has 1 aliphatic carbocycles. The van der Waals surface area contributed by atoms with Crippen LogP contribution in [0.15, 0.2) is 0 Å². The normalized spacial score (nSPS) is 17.0. The fourth-order valence-corrected chi connectivity index (χ4v) is 0.569. The highest BCUT2D eigenvalue weighted by Crippen LogP contribution is 2.31. The van der Waals surface area contributed by atoms with Gasteiger partial charge in [-0.25, -0.2) is 0 Å². The first kappa shape index (κ1) is 7.82. The highest BCUT2D eigenvalue weighted by molar-refractivity contribution is 7.59. The fourth-order valence-electron chi connectivity index (χ4n) is 0.569. The Morgan fingerprint density at radius 2 is 2.12 bits per heavy atom. The second-order valence-corrected chi connectivity index (χ2v) is 2.04. The molecule has 48 valence electrons. The largest absolute Gasteiger partial charge is 0.481 e. The molecule has 0 radical (unpaired) electrons. The van der Waals surface area contributed by atoms with E-state index in [4.69, 9.17) is 5.11 Å². The van der Waals surface area contributed by atoms with E-state index in [2.05, 4.69) is 0 Å². The minimum atomic E-state index is -0.650. The summed E-state index contributed by atoms with van der Waals surface area (Å²) in [6.07, 6.45) is 2.65. The van der Waals surface area contributed by atoms with Crippen molar-refractivity contribution < 1.29 is 9.90 Å². The number of aliphatic carboxylic acids is 1. The Hall–Kier alpha value is -0.180. The Labute approximate surface area is 55.3 Å². The highest BCUT2D eigenvalue weighted by Gasteiger charge is 2.23. The lowest BCUT2D eigenvalue weighted by Crippen LogP contribution is -1.93. The first-order valence-electron chi connectivity index (χ1n) is 2.51. The van der Waals surface area contributed by atoms with Gasteiger partial charge in [0.05, 0.1) is 0 Å². The average molecular weight is 134 g/mol. The van der Waals surface area contributed by atoms with Gasteiger partial charge in [0.2, 0.25) is 0 Å². The Kier molecular flexibility index (Phi) is 2.90. The zero-order valence-electron chi connectivity index (χ0n) is 4.55. The number of hydrogen-bond donors (Lipinski definition) is 1. The second kappa shape index (κ2) is 2.97. The van der Waals surface area contributed by atoms with Crippen LogP contribution in [0.2, 0.25) is 0 Å². The second-order valence-electron chi connectivity index (χ2n) is 2.04. The molecule has 0 heterocycles. The molecule has 0 atom stereocenters. The summed E-state index contributed by atoms with van der Waals surface area (Å²) in [6.45, 7) is 0. The van der Waals surface area contributed by atoms with E-state index < -0.39 is 5.97 Å². The maximum Gasteiger partial charge on any atom is 0.303 e. The molecule has 0 amide bonds. The molecule has 0 unspecified atom stereocenters. The van der Waals surface area contributed by atoms with Gasteiger partial charge in [-0.05, 0) is 18.8 Å². The summed E-state index contributed by atoms with van der Waals surface area (Å²) in [4.78, 5) is 9.85. The Balaban J connectivity index is 0.000000490. The molecular formula is C5H10O2S. The predicted octanol–water partition coefficient (Wildman–Crippen LogP) is 0.984. The third-order valence-corrected chi connectivity index (χ3v) is 1.16. The van der Waals surface area contributed by atoms with Crippen LogP contribution in [-0.4, -0.2) is 11.1 Å². The van der Waals surface area contributed by atoms with E-state index in [1.807, 2.05) is 0 Å². The predicted molar refractivity (Wildman–Crippen MR) is 35.4 cm³/mol. The first-order chi connectivity index (χ1) is 3.29. The molecule has 1 fully saturated rings. The van der Waals surface area contributed by atoms with Gasteiger partial charge in [-0.1, -0.05) is 0 Å². The van der Waals surface area contributed by atoms with Crippen molar-refractivity contribution in [1.29, 1.82) is 0 Å². The molecule has 0 saturated heterocycles. The molecule has 8 heavy (non-hydrogen) atoms. The van der Waals surface area contributed by atoms with Crippen molar-refractivity contribution in [3.05, 3.63) is 0 Å². The quantitative estimate of drug-likeness (QED) is 0.611. The zero-order chi connectivity index (χ0) is 5.28. The molecule has 0 aromatic heterocycles. The summed E-state index contributed by atoms with van der Waals surface area (Å²) in [5.41, 5.74) is 0. The van der Waals surface area contributed by atoms with Crippen molar-refractivity contribution in [1.82, 2.24) is 0 Å². The maximum absolute atomic E-state index is 9.85. The number of hydrogen-bond acceptors (Lipinski definition) is 1. The van der Waals surface area contributed by atoms with E-state index in [0.29, 0.717) is 12.3 Å². The van der Waals surface area contributed by atoms with Crippen LogP contribution in [0.4, 0.5) is 0 Å². The van der Waals surface area contributed by atoms with Gasteiger partial charge in [0.15, 0.2) is 0 Å². The topological polar surface area (TPSA) is 37.3 Å². The molecule has 1 N–H and O–H groups in total. The van der Waals surface area contributed by atoms with Gasteiger partial charge in [0.1, 0.15) is 0 Å². The third kappa shape index (κ3) is 2.91. The van der Waals surface area contributed by atoms with E-state index in [9.17, 15) is 4.79 Å². The van der Waals surface area contributed by atoms with Gasteiger partial charge in [0.25, 0.3) is 0 Å². The van der Waals surface area contributed by atoms with Crippen molar-refractivity contribution in [2.75, 3.05) is 0 Å². The number of rotatable bonds is 2. The molecule has 0 aliphatic heterocycles. The molecule has 3 heteroatoms. The molecular weight excluding hydrogens is 124 g/mol. The van der Waals surface area contributed by atoms with Gasteiger partial charge in [-0.15, -0.1) is 0 Å². The molecule has 0 aromatic carbocycles. The van der Waals surface area contributed by atoms with Gasteiger partial charge < -0.3 is 5.11 Å². The van der Waals surface area contributed by atoms with Crippen molar-refractivity contribution in [2.24, 2.45) is 5.92 Å². The lowest BCUT2D eigenvalue weighted by atomic mass is 10.3. The van der Waals surface area contributed by atoms with Crippen LogP contribution in [0.5, 0.6) is 0 Å². The van der Waals surface area contributed by atoms with Crippen molar-refractivity contribution in [2.45, 2.75) is 19.3 Å². The third-order valence-electron chi connectivity index (χ3n) is 1.16.